The molecule has 0 unspecified atom stereocenters. The lowest BCUT2D eigenvalue weighted by Gasteiger charge is -2.14. The summed E-state index contributed by atoms with van der Waals surface area (Å²) in [5.74, 6) is 0.131. The van der Waals surface area contributed by atoms with Gasteiger partial charge in [-0.05, 0) is 18.4 Å². The van der Waals surface area contributed by atoms with Gasteiger partial charge in [-0.25, -0.2) is 4.98 Å². The van der Waals surface area contributed by atoms with Gasteiger partial charge in [0.15, 0.2) is 0 Å². The predicted octanol–water partition coefficient (Wildman–Crippen LogP) is 2.47. The van der Waals surface area contributed by atoms with Gasteiger partial charge in [0, 0.05) is 30.1 Å². The molecule has 1 saturated heterocycles. The van der Waals surface area contributed by atoms with Gasteiger partial charge < -0.3 is 10.6 Å². The zero-order valence-electron chi connectivity index (χ0n) is 12.8. The summed E-state index contributed by atoms with van der Waals surface area (Å²) in [6, 6.07) is 8.60. The Labute approximate surface area is 135 Å². The molecule has 5 heteroatoms. The summed E-state index contributed by atoms with van der Waals surface area (Å²) in [7, 11) is 0. The van der Waals surface area contributed by atoms with E-state index < -0.39 is 0 Å². The topological polar surface area (TPSA) is 59.2 Å². The first-order chi connectivity index (χ1) is 10.7. The average molecular weight is 315 g/mol. The minimum atomic E-state index is 0.131. The molecule has 4 nitrogen and oxygen atoms in total. The molecule has 1 aromatic heterocycles. The van der Waals surface area contributed by atoms with Gasteiger partial charge in [-0.15, -0.1) is 11.3 Å². The van der Waals surface area contributed by atoms with E-state index >= 15 is 0 Å². The van der Waals surface area contributed by atoms with E-state index in [1.54, 1.807) is 11.3 Å². The highest BCUT2D eigenvalue weighted by atomic mass is 32.1. The molecule has 1 aliphatic heterocycles. The number of likely N-dealkylation sites (tertiary alicyclic amines) is 1. The van der Waals surface area contributed by atoms with Crippen molar-refractivity contribution < 1.29 is 4.79 Å². The molecule has 1 amide bonds. The lowest BCUT2D eigenvalue weighted by atomic mass is 10.1. The highest BCUT2D eigenvalue weighted by molar-refractivity contribution is 7.13. The molecule has 1 atom stereocenters. The molecule has 0 spiro atoms. The van der Waals surface area contributed by atoms with Crippen LogP contribution in [0.4, 0.5) is 0 Å². The Balaban J connectivity index is 1.66. The second kappa shape index (κ2) is 6.58. The van der Waals surface area contributed by atoms with Crippen LogP contribution in [0.3, 0.4) is 0 Å². The van der Waals surface area contributed by atoms with Gasteiger partial charge in [0.2, 0.25) is 5.91 Å². The number of nitrogens with two attached hydrogens (primary N) is 1. The van der Waals surface area contributed by atoms with Crippen molar-refractivity contribution >= 4 is 17.2 Å². The molecule has 2 aromatic rings. The fourth-order valence-electron chi connectivity index (χ4n) is 2.68. The number of carbonyl (C=O) groups is 1. The highest BCUT2D eigenvalue weighted by Crippen LogP contribution is 2.24. The van der Waals surface area contributed by atoms with E-state index in [1.165, 1.54) is 5.56 Å². The van der Waals surface area contributed by atoms with Crippen LogP contribution in [-0.4, -0.2) is 34.9 Å². The number of rotatable bonds is 4. The Morgan fingerprint density at radius 3 is 2.82 bits per heavy atom. The summed E-state index contributed by atoms with van der Waals surface area (Å²) >= 11 is 1.59. The van der Waals surface area contributed by atoms with Gasteiger partial charge in [0.25, 0.3) is 0 Å². The van der Waals surface area contributed by atoms with Crippen molar-refractivity contribution in [2.24, 2.45) is 5.73 Å². The summed E-state index contributed by atoms with van der Waals surface area (Å²) in [4.78, 5) is 18.7. The summed E-state index contributed by atoms with van der Waals surface area (Å²) in [6.45, 7) is 3.59. The second-order valence-corrected chi connectivity index (χ2v) is 6.62. The minimum absolute atomic E-state index is 0.131. The monoisotopic (exact) mass is 315 g/mol. The zero-order valence-corrected chi connectivity index (χ0v) is 13.6. The van der Waals surface area contributed by atoms with Crippen LogP contribution in [0.25, 0.3) is 10.6 Å². The number of hydrogen-bond donors (Lipinski definition) is 1. The number of hydrogen-bond acceptors (Lipinski definition) is 4. The van der Waals surface area contributed by atoms with Crippen molar-refractivity contribution in [2.75, 3.05) is 13.1 Å². The number of thiazole rings is 1. The molecule has 1 aliphatic rings. The van der Waals surface area contributed by atoms with Crippen LogP contribution < -0.4 is 5.73 Å². The smallest absolute Gasteiger partial charge is 0.228 e. The third-order valence-electron chi connectivity index (χ3n) is 4.07. The first kappa shape index (κ1) is 15.2. The molecular weight excluding hydrogens is 294 g/mol. The van der Waals surface area contributed by atoms with Crippen LogP contribution >= 0.6 is 11.3 Å². The Bertz CT molecular complexity index is 650. The maximum Gasteiger partial charge on any atom is 0.228 e. The van der Waals surface area contributed by atoms with Gasteiger partial charge in [0.1, 0.15) is 5.01 Å². The van der Waals surface area contributed by atoms with Crippen LogP contribution in [0.15, 0.2) is 29.6 Å². The fraction of sp³-hybridized carbons (Fsp3) is 0.412. The number of aryl methyl sites for hydroxylation is 1. The van der Waals surface area contributed by atoms with Crippen molar-refractivity contribution in [3.63, 3.8) is 0 Å². The molecule has 3 rings (SSSR count). The molecule has 116 valence electrons. The Morgan fingerprint density at radius 1 is 1.41 bits per heavy atom. The lowest BCUT2D eigenvalue weighted by molar-refractivity contribution is -0.129. The fourth-order valence-corrected chi connectivity index (χ4v) is 3.51. The third kappa shape index (κ3) is 3.36. The van der Waals surface area contributed by atoms with Crippen molar-refractivity contribution in [2.45, 2.75) is 32.2 Å². The zero-order chi connectivity index (χ0) is 15.5. The number of benzene rings is 1. The largest absolute Gasteiger partial charge is 0.341 e. The van der Waals surface area contributed by atoms with Crippen LogP contribution in [0.5, 0.6) is 0 Å². The van der Waals surface area contributed by atoms with Crippen LogP contribution in [0.2, 0.25) is 0 Å². The van der Waals surface area contributed by atoms with Crippen LogP contribution in [0.1, 0.15) is 24.6 Å². The van der Waals surface area contributed by atoms with Crippen molar-refractivity contribution in [3.05, 3.63) is 40.9 Å². The number of carbonyl (C=O) groups excluding carboxylic acids is 1. The van der Waals surface area contributed by atoms with E-state index in [9.17, 15) is 4.79 Å². The Morgan fingerprint density at radius 2 is 2.18 bits per heavy atom. The van der Waals surface area contributed by atoms with Crippen molar-refractivity contribution in [3.8, 4) is 10.6 Å². The molecule has 2 N–H and O–H groups in total. The van der Waals surface area contributed by atoms with Crippen molar-refractivity contribution in [1.29, 1.82) is 0 Å². The van der Waals surface area contributed by atoms with Crippen LogP contribution in [-0.2, 0) is 17.6 Å². The van der Waals surface area contributed by atoms with E-state index in [4.69, 9.17) is 5.73 Å². The second-order valence-electron chi connectivity index (χ2n) is 5.76. The van der Waals surface area contributed by atoms with Crippen molar-refractivity contribution in [1.82, 2.24) is 9.88 Å². The van der Waals surface area contributed by atoms with E-state index in [-0.39, 0.29) is 11.9 Å². The van der Waals surface area contributed by atoms with E-state index in [0.717, 1.165) is 35.7 Å². The first-order valence-electron chi connectivity index (χ1n) is 7.72. The third-order valence-corrected chi connectivity index (χ3v) is 5.01. The van der Waals surface area contributed by atoms with E-state index in [0.29, 0.717) is 13.0 Å². The molecule has 0 radical (unpaired) electrons. The first-order valence-corrected chi connectivity index (χ1v) is 8.60. The normalized spacial score (nSPS) is 17.9. The molecule has 22 heavy (non-hydrogen) atoms. The molecule has 1 aromatic carbocycles. The number of amides is 1. The summed E-state index contributed by atoms with van der Waals surface area (Å²) in [5, 5.41) is 2.96. The predicted molar refractivity (Wildman–Crippen MR) is 89.8 cm³/mol. The molecular formula is C17H21N3OS. The summed E-state index contributed by atoms with van der Waals surface area (Å²) < 4.78 is 0. The lowest BCUT2D eigenvalue weighted by Crippen LogP contribution is -2.32. The maximum absolute atomic E-state index is 12.2. The summed E-state index contributed by atoms with van der Waals surface area (Å²) in [6.07, 6.45) is 2.31. The Kier molecular flexibility index (Phi) is 4.55. The maximum atomic E-state index is 12.2. The molecule has 2 heterocycles. The number of aromatic nitrogens is 1. The average Bonchev–Trinajstić information content (AvgIpc) is 3.16. The highest BCUT2D eigenvalue weighted by Gasteiger charge is 2.24. The minimum Gasteiger partial charge on any atom is -0.341 e. The molecule has 0 saturated carbocycles. The quantitative estimate of drug-likeness (QED) is 0.943. The van der Waals surface area contributed by atoms with Gasteiger partial charge in [-0.2, -0.15) is 0 Å². The van der Waals surface area contributed by atoms with Gasteiger partial charge in [-0.3, -0.25) is 4.79 Å². The SMILES string of the molecule is CCc1ccc(-c2nc(CC(=O)N3CC[C@@H](N)C3)cs2)cc1. The molecule has 0 aliphatic carbocycles. The van der Waals surface area contributed by atoms with Crippen LogP contribution in [0, 0.1) is 0 Å². The van der Waals surface area contributed by atoms with E-state index in [1.807, 2.05) is 10.3 Å². The number of nitrogens with zero attached hydrogens (tertiary/aromatic N) is 2. The van der Waals surface area contributed by atoms with Gasteiger partial charge in [-0.1, -0.05) is 31.2 Å². The summed E-state index contributed by atoms with van der Waals surface area (Å²) in [5.41, 5.74) is 9.14. The van der Waals surface area contributed by atoms with Gasteiger partial charge in [0.05, 0.1) is 12.1 Å². The Hall–Kier alpha value is -1.72. The standard InChI is InChI=1S/C17H21N3OS/c1-2-12-3-5-13(6-4-12)17-19-15(11-22-17)9-16(21)20-8-7-14(18)10-20/h3-6,11,14H,2,7-10,18H2,1H3/t14-/m1/s1. The van der Waals surface area contributed by atoms with E-state index in [2.05, 4.69) is 36.2 Å². The molecule has 0 bridgehead atoms. The van der Waals surface area contributed by atoms with Gasteiger partial charge >= 0.3 is 0 Å². The molecule has 1 fully saturated rings.